The Balaban J connectivity index is 1.49. The normalized spacial score (nSPS) is 14.7. The summed E-state index contributed by atoms with van der Waals surface area (Å²) in [6.07, 6.45) is 1.56. The molecular formula is C25H21NO6S. The largest absolute Gasteiger partial charge is 0.494 e. The first-order valence-electron chi connectivity index (χ1n) is 10.2. The Morgan fingerprint density at radius 2 is 1.55 bits per heavy atom. The smallest absolute Gasteiger partial charge is 0.363 e. The molecule has 3 aromatic carbocycles. The predicted octanol–water partition coefficient (Wildman–Crippen LogP) is 4.51. The van der Waals surface area contributed by atoms with Crippen LogP contribution in [0.2, 0.25) is 0 Å². The summed E-state index contributed by atoms with van der Waals surface area (Å²) < 4.78 is 40.7. The molecular weight excluding hydrogens is 442 g/mol. The third-order valence-electron chi connectivity index (χ3n) is 4.73. The number of carbonyl (C=O) groups is 1. The van der Waals surface area contributed by atoms with Gasteiger partial charge in [-0.15, -0.1) is 0 Å². The number of cyclic esters (lactones) is 1. The summed E-state index contributed by atoms with van der Waals surface area (Å²) in [6, 6.07) is 19.8. The number of ether oxygens (including phenoxy) is 2. The molecule has 0 N–H and O–H groups in total. The molecule has 0 bridgehead atoms. The summed E-state index contributed by atoms with van der Waals surface area (Å²) in [5, 5.41) is 0. The van der Waals surface area contributed by atoms with E-state index in [0.717, 1.165) is 5.56 Å². The van der Waals surface area contributed by atoms with Crippen LogP contribution < -0.4 is 8.92 Å². The third-order valence-corrected chi connectivity index (χ3v) is 5.99. The monoisotopic (exact) mass is 463 g/mol. The Morgan fingerprint density at radius 1 is 0.909 bits per heavy atom. The van der Waals surface area contributed by atoms with Gasteiger partial charge in [0.15, 0.2) is 5.70 Å². The molecule has 0 saturated carbocycles. The summed E-state index contributed by atoms with van der Waals surface area (Å²) >= 11 is 0. The second-order valence-corrected chi connectivity index (χ2v) is 8.76. The van der Waals surface area contributed by atoms with Crippen molar-refractivity contribution in [3.05, 3.63) is 95.2 Å². The zero-order chi connectivity index (χ0) is 23.4. The lowest BCUT2D eigenvalue weighted by Crippen LogP contribution is -2.09. The maximum atomic E-state index is 12.4. The van der Waals surface area contributed by atoms with Gasteiger partial charge in [0.2, 0.25) is 5.90 Å². The summed E-state index contributed by atoms with van der Waals surface area (Å²) in [4.78, 5) is 16.6. The van der Waals surface area contributed by atoms with Gasteiger partial charge < -0.3 is 13.7 Å². The lowest BCUT2D eigenvalue weighted by Gasteiger charge is -2.07. The van der Waals surface area contributed by atoms with Gasteiger partial charge in [-0.25, -0.2) is 9.79 Å². The van der Waals surface area contributed by atoms with Gasteiger partial charge in [-0.2, -0.15) is 8.42 Å². The molecule has 0 amide bonds. The number of rotatable bonds is 7. The second-order valence-electron chi connectivity index (χ2n) is 7.21. The van der Waals surface area contributed by atoms with Gasteiger partial charge in [-0.05, 0) is 74.0 Å². The van der Waals surface area contributed by atoms with Crippen molar-refractivity contribution in [1.82, 2.24) is 0 Å². The molecule has 7 nitrogen and oxygen atoms in total. The van der Waals surface area contributed by atoms with Gasteiger partial charge in [0.1, 0.15) is 16.4 Å². The van der Waals surface area contributed by atoms with E-state index >= 15 is 0 Å². The topological polar surface area (TPSA) is 91.3 Å². The van der Waals surface area contributed by atoms with E-state index in [0.29, 0.717) is 23.5 Å². The molecule has 0 atom stereocenters. The molecule has 1 heterocycles. The fourth-order valence-electron chi connectivity index (χ4n) is 3.05. The number of hydrogen-bond acceptors (Lipinski definition) is 7. The van der Waals surface area contributed by atoms with Gasteiger partial charge in [0, 0.05) is 5.56 Å². The molecule has 1 aliphatic rings. The van der Waals surface area contributed by atoms with E-state index in [2.05, 4.69) is 4.99 Å². The number of aryl methyl sites for hydroxylation is 1. The van der Waals surface area contributed by atoms with E-state index in [4.69, 9.17) is 13.7 Å². The van der Waals surface area contributed by atoms with E-state index in [9.17, 15) is 13.2 Å². The molecule has 1 aliphatic heterocycles. The van der Waals surface area contributed by atoms with Crippen LogP contribution in [-0.4, -0.2) is 26.9 Å². The number of benzene rings is 3. The average Bonchev–Trinajstić information content (AvgIpc) is 3.16. The number of nitrogens with zero attached hydrogens (tertiary/aromatic N) is 1. The first kappa shape index (κ1) is 22.3. The highest BCUT2D eigenvalue weighted by Crippen LogP contribution is 2.23. The van der Waals surface area contributed by atoms with Crippen LogP contribution in [-0.2, 0) is 19.6 Å². The van der Waals surface area contributed by atoms with Crippen LogP contribution in [0.25, 0.3) is 6.08 Å². The summed E-state index contributed by atoms with van der Waals surface area (Å²) in [6.45, 7) is 4.33. The molecule has 0 unspecified atom stereocenters. The molecule has 0 saturated heterocycles. The lowest BCUT2D eigenvalue weighted by molar-refractivity contribution is -0.129. The highest BCUT2D eigenvalue weighted by molar-refractivity contribution is 7.87. The minimum absolute atomic E-state index is 0.0733. The Labute approximate surface area is 192 Å². The van der Waals surface area contributed by atoms with E-state index < -0.39 is 16.1 Å². The van der Waals surface area contributed by atoms with Crippen LogP contribution in [0.5, 0.6) is 11.5 Å². The minimum atomic E-state index is -3.94. The first-order chi connectivity index (χ1) is 15.8. The van der Waals surface area contributed by atoms with Crippen molar-refractivity contribution in [1.29, 1.82) is 0 Å². The van der Waals surface area contributed by atoms with Crippen molar-refractivity contribution in [3.63, 3.8) is 0 Å². The van der Waals surface area contributed by atoms with Crippen molar-refractivity contribution >= 4 is 28.1 Å². The van der Waals surface area contributed by atoms with Crippen molar-refractivity contribution in [2.75, 3.05) is 6.61 Å². The zero-order valence-electron chi connectivity index (χ0n) is 18.0. The number of aliphatic imine (C=N–C) groups is 1. The third kappa shape index (κ3) is 5.30. The fraction of sp³-hybridized carbons (Fsp3) is 0.120. The van der Waals surface area contributed by atoms with Gasteiger partial charge in [0.25, 0.3) is 0 Å². The SMILES string of the molecule is CCOc1ccc(C2=N/C(=C\c3ccc(OS(=O)(=O)c4ccc(C)cc4)cc3)C(=O)O2)cc1. The van der Waals surface area contributed by atoms with Crippen LogP contribution in [0, 0.1) is 6.92 Å². The van der Waals surface area contributed by atoms with Crippen LogP contribution in [0.15, 0.2) is 88.4 Å². The van der Waals surface area contributed by atoms with Crippen LogP contribution in [0.4, 0.5) is 0 Å². The Bertz CT molecular complexity index is 1320. The maximum absolute atomic E-state index is 12.4. The van der Waals surface area contributed by atoms with Gasteiger partial charge >= 0.3 is 16.1 Å². The van der Waals surface area contributed by atoms with Gasteiger partial charge in [-0.3, -0.25) is 0 Å². The van der Waals surface area contributed by atoms with Crippen LogP contribution in [0.1, 0.15) is 23.6 Å². The highest BCUT2D eigenvalue weighted by atomic mass is 32.2. The molecule has 0 fully saturated rings. The second kappa shape index (κ2) is 9.30. The number of esters is 1. The molecule has 0 radical (unpaired) electrons. The summed E-state index contributed by atoms with van der Waals surface area (Å²) in [5.74, 6) is 0.513. The Kier molecular flexibility index (Phi) is 6.28. The molecule has 168 valence electrons. The molecule has 3 aromatic rings. The van der Waals surface area contributed by atoms with E-state index in [1.54, 1.807) is 54.6 Å². The molecule has 4 rings (SSSR count). The van der Waals surface area contributed by atoms with Crippen molar-refractivity contribution in [3.8, 4) is 11.5 Å². The van der Waals surface area contributed by atoms with Crippen molar-refractivity contribution < 1.29 is 26.9 Å². The summed E-state index contributed by atoms with van der Waals surface area (Å²) in [5.41, 5.74) is 2.38. The Morgan fingerprint density at radius 3 is 2.18 bits per heavy atom. The lowest BCUT2D eigenvalue weighted by atomic mass is 10.2. The van der Waals surface area contributed by atoms with Crippen molar-refractivity contribution in [2.24, 2.45) is 4.99 Å². The minimum Gasteiger partial charge on any atom is -0.494 e. The standard InChI is InChI=1S/C25H21NO6S/c1-3-30-20-12-8-19(9-13-20)24-26-23(25(27)31-24)16-18-6-10-21(11-7-18)32-33(28,29)22-14-4-17(2)5-15-22/h4-16H,3H2,1-2H3/b23-16-. The molecule has 8 heteroatoms. The van der Waals surface area contributed by atoms with Crippen LogP contribution in [0.3, 0.4) is 0 Å². The zero-order valence-corrected chi connectivity index (χ0v) is 18.8. The number of carbonyl (C=O) groups excluding carboxylic acids is 1. The molecule has 33 heavy (non-hydrogen) atoms. The quantitative estimate of drug-likeness (QED) is 0.291. The molecule has 0 aliphatic carbocycles. The van der Waals surface area contributed by atoms with E-state index in [1.807, 2.05) is 13.8 Å². The predicted molar refractivity (Wildman–Crippen MR) is 124 cm³/mol. The summed E-state index contributed by atoms with van der Waals surface area (Å²) in [7, 11) is -3.94. The highest BCUT2D eigenvalue weighted by Gasteiger charge is 2.24. The first-order valence-corrected chi connectivity index (χ1v) is 11.6. The molecule has 0 aromatic heterocycles. The van der Waals surface area contributed by atoms with Crippen LogP contribution >= 0.6 is 0 Å². The van der Waals surface area contributed by atoms with E-state index in [-0.39, 0.29) is 22.2 Å². The number of hydrogen-bond donors (Lipinski definition) is 0. The van der Waals surface area contributed by atoms with E-state index in [1.165, 1.54) is 24.3 Å². The van der Waals surface area contributed by atoms with Gasteiger partial charge in [0.05, 0.1) is 6.61 Å². The molecule has 0 spiro atoms. The fourth-order valence-corrected chi connectivity index (χ4v) is 3.98. The van der Waals surface area contributed by atoms with Gasteiger partial charge in [-0.1, -0.05) is 29.8 Å². The Hall–Kier alpha value is -3.91. The van der Waals surface area contributed by atoms with Crippen molar-refractivity contribution in [2.45, 2.75) is 18.7 Å². The maximum Gasteiger partial charge on any atom is 0.363 e. The average molecular weight is 464 g/mol.